The molecule has 0 N–H and O–H groups in total. The first-order valence-corrected chi connectivity index (χ1v) is 6.23. The van der Waals surface area contributed by atoms with Crippen LogP contribution in [-0.4, -0.2) is 24.0 Å². The Morgan fingerprint density at radius 1 is 1.24 bits per heavy atom. The Morgan fingerprint density at radius 2 is 1.86 bits per heavy atom. The van der Waals surface area contributed by atoms with E-state index >= 15 is 0 Å². The molecule has 4 nitrogen and oxygen atoms in total. The molecule has 1 aliphatic rings. The van der Waals surface area contributed by atoms with Gasteiger partial charge in [-0.05, 0) is 18.2 Å². The predicted molar refractivity (Wildman–Crippen MR) is 68.0 cm³/mol. The van der Waals surface area contributed by atoms with E-state index in [0.29, 0.717) is 6.07 Å². The molecular formula is C14H12F3NO3. The molecule has 1 aliphatic heterocycles. The lowest BCUT2D eigenvalue weighted by molar-refractivity contribution is -0.137. The third-order valence-corrected chi connectivity index (χ3v) is 3.26. The molecule has 0 atom stereocenters. The van der Waals surface area contributed by atoms with Gasteiger partial charge in [-0.1, -0.05) is 13.8 Å². The van der Waals surface area contributed by atoms with E-state index in [-0.39, 0.29) is 29.5 Å². The SMILES string of the molecule is CC(C)C(=O)CN1C(=O)C(=O)c2cc(C(F)(F)F)ccc21. The molecule has 0 aromatic heterocycles. The standard InChI is InChI=1S/C14H12F3NO3/c1-7(2)11(19)6-18-10-4-3-8(14(15,16)17)5-9(10)12(20)13(18)21/h3-5,7H,6H2,1-2H3. The van der Waals surface area contributed by atoms with Gasteiger partial charge in [-0.2, -0.15) is 13.2 Å². The maximum absolute atomic E-state index is 12.6. The Balaban J connectivity index is 2.42. The molecule has 112 valence electrons. The first-order valence-electron chi connectivity index (χ1n) is 6.23. The molecule has 0 radical (unpaired) electrons. The van der Waals surface area contributed by atoms with Gasteiger partial charge in [0, 0.05) is 5.92 Å². The Morgan fingerprint density at radius 3 is 2.38 bits per heavy atom. The molecule has 0 bridgehead atoms. The van der Waals surface area contributed by atoms with Gasteiger partial charge in [0.2, 0.25) is 0 Å². The van der Waals surface area contributed by atoms with Crippen molar-refractivity contribution in [3.05, 3.63) is 29.3 Å². The highest BCUT2D eigenvalue weighted by Crippen LogP contribution is 2.36. The van der Waals surface area contributed by atoms with Crippen LogP contribution in [0.15, 0.2) is 18.2 Å². The van der Waals surface area contributed by atoms with Gasteiger partial charge in [0.15, 0.2) is 5.78 Å². The number of ketones is 2. The van der Waals surface area contributed by atoms with Crippen LogP contribution in [0.5, 0.6) is 0 Å². The molecule has 1 aromatic carbocycles. The van der Waals surface area contributed by atoms with Crippen LogP contribution in [0.3, 0.4) is 0 Å². The van der Waals surface area contributed by atoms with E-state index in [4.69, 9.17) is 0 Å². The van der Waals surface area contributed by atoms with Gasteiger partial charge in [0.1, 0.15) is 0 Å². The molecule has 0 unspecified atom stereocenters. The number of carbonyl (C=O) groups is 3. The second kappa shape index (κ2) is 4.98. The number of carbonyl (C=O) groups excluding carboxylic acids is 3. The van der Waals surface area contributed by atoms with Crippen LogP contribution < -0.4 is 4.90 Å². The summed E-state index contributed by atoms with van der Waals surface area (Å²) in [6.45, 7) is 2.96. The molecule has 1 aromatic rings. The highest BCUT2D eigenvalue weighted by atomic mass is 19.4. The third kappa shape index (κ3) is 2.68. The normalized spacial score (nSPS) is 14.9. The molecule has 1 amide bonds. The van der Waals surface area contributed by atoms with Gasteiger partial charge in [0.25, 0.3) is 11.7 Å². The molecular weight excluding hydrogens is 287 g/mol. The minimum Gasteiger partial charge on any atom is -0.297 e. The molecule has 0 fully saturated rings. The zero-order valence-corrected chi connectivity index (χ0v) is 11.3. The fourth-order valence-electron chi connectivity index (χ4n) is 1.97. The number of nitrogens with zero attached hydrogens (tertiary/aromatic N) is 1. The fraction of sp³-hybridized carbons (Fsp3) is 0.357. The number of alkyl halides is 3. The van der Waals surface area contributed by atoms with Gasteiger partial charge in [-0.25, -0.2) is 0 Å². The summed E-state index contributed by atoms with van der Waals surface area (Å²) in [5, 5.41) is 0. The van der Waals surface area contributed by atoms with Crippen molar-refractivity contribution in [1.29, 1.82) is 0 Å². The monoisotopic (exact) mass is 299 g/mol. The van der Waals surface area contributed by atoms with E-state index in [1.165, 1.54) is 0 Å². The zero-order chi connectivity index (χ0) is 15.9. The van der Waals surface area contributed by atoms with E-state index in [9.17, 15) is 27.6 Å². The number of rotatable bonds is 3. The first-order chi connectivity index (χ1) is 9.62. The van der Waals surface area contributed by atoms with Crippen LogP contribution in [0.1, 0.15) is 29.8 Å². The smallest absolute Gasteiger partial charge is 0.297 e. The fourth-order valence-corrected chi connectivity index (χ4v) is 1.97. The maximum atomic E-state index is 12.6. The van der Waals surface area contributed by atoms with E-state index in [2.05, 4.69) is 0 Å². The molecule has 21 heavy (non-hydrogen) atoms. The zero-order valence-electron chi connectivity index (χ0n) is 11.3. The second-order valence-electron chi connectivity index (χ2n) is 5.07. The van der Waals surface area contributed by atoms with Crippen LogP contribution >= 0.6 is 0 Å². The Labute approximate surface area is 118 Å². The highest BCUT2D eigenvalue weighted by molar-refractivity contribution is 6.52. The van der Waals surface area contributed by atoms with Crippen LogP contribution in [0.4, 0.5) is 18.9 Å². The van der Waals surface area contributed by atoms with Crippen molar-refractivity contribution in [1.82, 2.24) is 0 Å². The molecule has 2 rings (SSSR count). The molecule has 1 heterocycles. The number of amides is 1. The van der Waals surface area contributed by atoms with Crippen molar-refractivity contribution in [3.8, 4) is 0 Å². The summed E-state index contributed by atoms with van der Waals surface area (Å²) in [6.07, 6.45) is -4.60. The average molecular weight is 299 g/mol. The van der Waals surface area contributed by atoms with Crippen molar-refractivity contribution in [3.63, 3.8) is 0 Å². The van der Waals surface area contributed by atoms with Gasteiger partial charge in [-0.15, -0.1) is 0 Å². The topological polar surface area (TPSA) is 54.5 Å². The second-order valence-corrected chi connectivity index (χ2v) is 5.07. The summed E-state index contributed by atoms with van der Waals surface area (Å²) in [6, 6.07) is 2.49. The van der Waals surface area contributed by atoms with Crippen molar-refractivity contribution in [2.45, 2.75) is 20.0 Å². The Bertz CT molecular complexity index is 635. The van der Waals surface area contributed by atoms with Gasteiger partial charge >= 0.3 is 6.18 Å². The summed E-state index contributed by atoms with van der Waals surface area (Å²) in [7, 11) is 0. The highest BCUT2D eigenvalue weighted by Gasteiger charge is 2.40. The predicted octanol–water partition coefficient (Wildman–Crippen LogP) is 2.46. The molecule has 7 heteroatoms. The van der Waals surface area contributed by atoms with E-state index < -0.39 is 23.4 Å². The number of halogens is 3. The Hall–Kier alpha value is -2.18. The lowest BCUT2D eigenvalue weighted by Gasteiger charge is -2.17. The summed E-state index contributed by atoms with van der Waals surface area (Å²) in [5.74, 6) is -2.61. The summed E-state index contributed by atoms with van der Waals surface area (Å²) in [4.78, 5) is 36.2. The number of hydrogen-bond acceptors (Lipinski definition) is 3. The van der Waals surface area contributed by atoms with E-state index in [0.717, 1.165) is 17.0 Å². The Kier molecular flexibility index (Phi) is 3.61. The molecule has 0 aliphatic carbocycles. The number of fused-ring (bicyclic) bond motifs is 1. The number of benzene rings is 1. The van der Waals surface area contributed by atoms with Crippen molar-refractivity contribution in [2.75, 3.05) is 11.4 Å². The average Bonchev–Trinajstić information content (AvgIpc) is 2.62. The maximum Gasteiger partial charge on any atom is 0.416 e. The molecule has 0 saturated carbocycles. The minimum absolute atomic E-state index is 0.0481. The van der Waals surface area contributed by atoms with Crippen LogP contribution in [0, 0.1) is 5.92 Å². The molecule has 0 saturated heterocycles. The lowest BCUT2D eigenvalue weighted by atomic mass is 10.1. The quantitative estimate of drug-likeness (QED) is 0.806. The minimum atomic E-state index is -4.60. The third-order valence-electron chi connectivity index (χ3n) is 3.26. The molecule has 0 spiro atoms. The van der Waals surface area contributed by atoms with E-state index in [1.54, 1.807) is 13.8 Å². The number of Topliss-reactive ketones (excluding diaryl/α,β-unsaturated/α-hetero) is 2. The first kappa shape index (κ1) is 15.2. The van der Waals surface area contributed by atoms with Crippen molar-refractivity contribution < 1.29 is 27.6 Å². The van der Waals surface area contributed by atoms with Crippen molar-refractivity contribution in [2.24, 2.45) is 5.92 Å². The number of anilines is 1. The largest absolute Gasteiger partial charge is 0.416 e. The van der Waals surface area contributed by atoms with Crippen LogP contribution in [0.2, 0.25) is 0 Å². The summed E-state index contributed by atoms with van der Waals surface area (Å²) >= 11 is 0. The van der Waals surface area contributed by atoms with Crippen LogP contribution in [0.25, 0.3) is 0 Å². The van der Waals surface area contributed by atoms with Gasteiger partial charge in [-0.3, -0.25) is 19.3 Å². The van der Waals surface area contributed by atoms with Crippen molar-refractivity contribution >= 4 is 23.2 Å². The summed E-state index contributed by atoms with van der Waals surface area (Å²) in [5.41, 5.74) is -1.27. The van der Waals surface area contributed by atoms with E-state index in [1.807, 2.05) is 0 Å². The van der Waals surface area contributed by atoms with Crippen LogP contribution in [-0.2, 0) is 15.8 Å². The number of hydrogen-bond donors (Lipinski definition) is 0. The van der Waals surface area contributed by atoms with Gasteiger partial charge in [0.05, 0.1) is 23.4 Å². The lowest BCUT2D eigenvalue weighted by Crippen LogP contribution is -2.36. The summed E-state index contributed by atoms with van der Waals surface area (Å²) < 4.78 is 37.9. The van der Waals surface area contributed by atoms with Gasteiger partial charge < -0.3 is 0 Å².